The minimum absolute atomic E-state index is 0.139. The molecule has 1 aliphatic heterocycles. The van der Waals surface area contributed by atoms with E-state index in [-0.39, 0.29) is 18.1 Å². The third-order valence-electron chi connectivity index (χ3n) is 3.36. The molecule has 1 heterocycles. The molecule has 6 nitrogen and oxygen atoms in total. The van der Waals surface area contributed by atoms with Crippen LogP contribution in [0.2, 0.25) is 0 Å². The SMILES string of the molecule is COC1CC(NC(=O)[C@@H]2CC[C@H](C(=O)O)O2)C1. The second-order valence-corrected chi connectivity index (χ2v) is 4.56. The molecule has 0 radical (unpaired) electrons. The van der Waals surface area contributed by atoms with Gasteiger partial charge in [-0.25, -0.2) is 4.79 Å². The number of methoxy groups -OCH3 is 1. The Hall–Kier alpha value is -1.14. The summed E-state index contributed by atoms with van der Waals surface area (Å²) < 4.78 is 10.3. The standard InChI is InChI=1S/C11H17NO5/c1-16-7-4-6(5-7)12-10(13)8-2-3-9(17-8)11(14)15/h6-9H,2-5H2,1H3,(H,12,13)(H,14,15)/t6?,7?,8-,9+/m0/s1. The van der Waals surface area contributed by atoms with Gasteiger partial charge in [0.2, 0.25) is 5.91 Å². The summed E-state index contributed by atoms with van der Waals surface area (Å²) in [5.41, 5.74) is 0. The maximum Gasteiger partial charge on any atom is 0.332 e. The largest absolute Gasteiger partial charge is 0.479 e. The highest BCUT2D eigenvalue weighted by Crippen LogP contribution is 2.24. The van der Waals surface area contributed by atoms with Gasteiger partial charge in [0.15, 0.2) is 6.10 Å². The van der Waals surface area contributed by atoms with Crippen LogP contribution in [0.25, 0.3) is 0 Å². The lowest BCUT2D eigenvalue weighted by Crippen LogP contribution is -2.50. The van der Waals surface area contributed by atoms with Crippen LogP contribution in [0.15, 0.2) is 0 Å². The maximum atomic E-state index is 11.7. The molecule has 0 bridgehead atoms. The van der Waals surface area contributed by atoms with E-state index in [1.54, 1.807) is 7.11 Å². The van der Waals surface area contributed by atoms with Gasteiger partial charge in [0.25, 0.3) is 0 Å². The molecular weight excluding hydrogens is 226 g/mol. The second kappa shape index (κ2) is 5.01. The van der Waals surface area contributed by atoms with Gasteiger partial charge in [-0.15, -0.1) is 0 Å². The molecule has 2 N–H and O–H groups in total. The third-order valence-corrected chi connectivity index (χ3v) is 3.36. The predicted molar refractivity (Wildman–Crippen MR) is 57.5 cm³/mol. The van der Waals surface area contributed by atoms with E-state index < -0.39 is 18.2 Å². The van der Waals surface area contributed by atoms with Gasteiger partial charge in [-0.1, -0.05) is 0 Å². The van der Waals surface area contributed by atoms with Crippen LogP contribution < -0.4 is 5.32 Å². The molecule has 0 unspecified atom stereocenters. The van der Waals surface area contributed by atoms with Gasteiger partial charge >= 0.3 is 5.97 Å². The molecule has 0 aromatic rings. The Bertz CT molecular complexity index is 313. The maximum absolute atomic E-state index is 11.7. The minimum atomic E-state index is -0.997. The Balaban J connectivity index is 1.73. The van der Waals surface area contributed by atoms with E-state index in [0.29, 0.717) is 12.8 Å². The summed E-state index contributed by atoms with van der Waals surface area (Å²) in [5.74, 6) is -1.20. The Labute approximate surface area is 99.3 Å². The van der Waals surface area contributed by atoms with Gasteiger partial charge in [0, 0.05) is 13.2 Å². The van der Waals surface area contributed by atoms with Crippen molar-refractivity contribution in [1.29, 1.82) is 0 Å². The Morgan fingerprint density at radius 2 is 1.94 bits per heavy atom. The van der Waals surface area contributed by atoms with Crippen LogP contribution in [0, 0.1) is 0 Å². The van der Waals surface area contributed by atoms with Crippen molar-refractivity contribution in [1.82, 2.24) is 5.32 Å². The summed E-state index contributed by atoms with van der Waals surface area (Å²) in [6.45, 7) is 0. The number of ether oxygens (including phenoxy) is 2. The summed E-state index contributed by atoms with van der Waals surface area (Å²) in [6, 6.07) is 0.139. The number of amides is 1. The molecule has 0 aromatic carbocycles. The molecule has 17 heavy (non-hydrogen) atoms. The number of carbonyl (C=O) groups excluding carboxylic acids is 1. The third kappa shape index (κ3) is 2.76. The molecular formula is C11H17NO5. The highest BCUT2D eigenvalue weighted by Gasteiger charge is 2.37. The fraction of sp³-hybridized carbons (Fsp3) is 0.818. The van der Waals surface area contributed by atoms with Crippen molar-refractivity contribution in [2.45, 2.75) is 50.0 Å². The molecule has 2 fully saturated rings. The first-order valence-corrected chi connectivity index (χ1v) is 5.81. The lowest BCUT2D eigenvalue weighted by molar-refractivity contribution is -0.152. The first-order chi connectivity index (χ1) is 8.10. The second-order valence-electron chi connectivity index (χ2n) is 4.56. The van der Waals surface area contributed by atoms with Crippen LogP contribution in [0.3, 0.4) is 0 Å². The van der Waals surface area contributed by atoms with Gasteiger partial charge < -0.3 is 19.9 Å². The number of nitrogens with one attached hydrogen (secondary N) is 1. The highest BCUT2D eigenvalue weighted by molar-refractivity contribution is 5.82. The number of hydrogen-bond donors (Lipinski definition) is 2. The van der Waals surface area contributed by atoms with E-state index in [4.69, 9.17) is 14.6 Å². The van der Waals surface area contributed by atoms with E-state index >= 15 is 0 Å². The normalized spacial score (nSPS) is 36.3. The average Bonchev–Trinajstić information content (AvgIpc) is 2.71. The molecule has 2 aliphatic rings. The van der Waals surface area contributed by atoms with E-state index in [1.807, 2.05) is 0 Å². The fourth-order valence-corrected chi connectivity index (χ4v) is 2.18. The molecule has 1 aliphatic carbocycles. The fourth-order valence-electron chi connectivity index (χ4n) is 2.18. The molecule has 0 spiro atoms. The van der Waals surface area contributed by atoms with Crippen LogP contribution in [0.5, 0.6) is 0 Å². The molecule has 0 aromatic heterocycles. The Morgan fingerprint density at radius 3 is 2.47 bits per heavy atom. The highest BCUT2D eigenvalue weighted by atomic mass is 16.5. The van der Waals surface area contributed by atoms with Crippen molar-refractivity contribution >= 4 is 11.9 Å². The van der Waals surface area contributed by atoms with Gasteiger partial charge in [0.05, 0.1) is 6.10 Å². The van der Waals surface area contributed by atoms with Crippen molar-refractivity contribution in [2.24, 2.45) is 0 Å². The molecule has 1 saturated heterocycles. The zero-order valence-corrected chi connectivity index (χ0v) is 9.72. The van der Waals surface area contributed by atoms with Crippen LogP contribution >= 0.6 is 0 Å². The first-order valence-electron chi connectivity index (χ1n) is 5.81. The number of carboxylic acid groups (broad SMARTS) is 1. The summed E-state index contributed by atoms with van der Waals surface area (Å²) >= 11 is 0. The van der Waals surface area contributed by atoms with E-state index in [1.165, 1.54) is 0 Å². The topological polar surface area (TPSA) is 84.9 Å². The van der Waals surface area contributed by atoms with Crippen molar-refractivity contribution in [2.75, 3.05) is 7.11 Å². The number of carbonyl (C=O) groups is 2. The van der Waals surface area contributed by atoms with E-state index in [0.717, 1.165) is 12.8 Å². The summed E-state index contributed by atoms with van der Waals surface area (Å²) in [4.78, 5) is 22.4. The van der Waals surface area contributed by atoms with Gasteiger partial charge in [-0.05, 0) is 25.7 Å². The van der Waals surface area contributed by atoms with Crippen molar-refractivity contribution in [3.05, 3.63) is 0 Å². The molecule has 2 atom stereocenters. The van der Waals surface area contributed by atoms with Gasteiger partial charge in [0.1, 0.15) is 6.10 Å². The lowest BCUT2D eigenvalue weighted by atomic mass is 9.89. The number of aliphatic carboxylic acids is 1. The quantitative estimate of drug-likeness (QED) is 0.721. The molecule has 96 valence electrons. The van der Waals surface area contributed by atoms with Crippen molar-refractivity contribution < 1.29 is 24.2 Å². The summed E-state index contributed by atoms with van der Waals surface area (Å²) in [5, 5.41) is 11.6. The van der Waals surface area contributed by atoms with Crippen molar-refractivity contribution in [3.8, 4) is 0 Å². The zero-order chi connectivity index (χ0) is 12.4. The lowest BCUT2D eigenvalue weighted by Gasteiger charge is -2.35. The number of rotatable bonds is 4. The Kier molecular flexibility index (Phi) is 3.63. The van der Waals surface area contributed by atoms with E-state index in [2.05, 4.69) is 5.32 Å². The van der Waals surface area contributed by atoms with Crippen LogP contribution in [-0.2, 0) is 19.1 Å². The monoisotopic (exact) mass is 243 g/mol. The number of carboxylic acids is 1. The Morgan fingerprint density at radius 1 is 1.29 bits per heavy atom. The molecule has 1 saturated carbocycles. The summed E-state index contributed by atoms with van der Waals surface area (Å²) in [6.07, 6.45) is 1.30. The summed E-state index contributed by atoms with van der Waals surface area (Å²) in [7, 11) is 1.65. The first kappa shape index (κ1) is 12.3. The minimum Gasteiger partial charge on any atom is -0.479 e. The van der Waals surface area contributed by atoms with E-state index in [9.17, 15) is 9.59 Å². The zero-order valence-electron chi connectivity index (χ0n) is 9.72. The van der Waals surface area contributed by atoms with Crippen LogP contribution in [-0.4, -0.2) is 48.4 Å². The average molecular weight is 243 g/mol. The predicted octanol–water partition coefficient (Wildman–Crippen LogP) is -0.0878. The van der Waals surface area contributed by atoms with Crippen LogP contribution in [0.1, 0.15) is 25.7 Å². The molecule has 2 rings (SSSR count). The number of hydrogen-bond acceptors (Lipinski definition) is 4. The smallest absolute Gasteiger partial charge is 0.332 e. The van der Waals surface area contributed by atoms with Gasteiger partial charge in [-0.2, -0.15) is 0 Å². The molecule has 1 amide bonds. The van der Waals surface area contributed by atoms with Crippen molar-refractivity contribution in [3.63, 3.8) is 0 Å². The molecule has 6 heteroatoms. The van der Waals surface area contributed by atoms with Crippen LogP contribution in [0.4, 0.5) is 0 Å². The van der Waals surface area contributed by atoms with Gasteiger partial charge in [-0.3, -0.25) is 4.79 Å².